The van der Waals surface area contributed by atoms with Gasteiger partial charge in [-0.25, -0.2) is 0 Å². The molecule has 6 N–H and O–H groups in total. The molecule has 0 aliphatic heterocycles. The Bertz CT molecular complexity index is 190. The highest BCUT2D eigenvalue weighted by Gasteiger charge is 2.33. The molecule has 0 bridgehead atoms. The zero-order valence-electron chi connectivity index (χ0n) is 8.14. The van der Waals surface area contributed by atoms with Crippen molar-refractivity contribution < 1.29 is 30.6 Å². The second-order valence-electron chi connectivity index (χ2n) is 3.20. The molecule has 0 rings (SSSR count). The summed E-state index contributed by atoms with van der Waals surface area (Å²) in [6.07, 6.45) is -8.17. The predicted octanol–water partition coefficient (Wildman–Crippen LogP) is -3.52. The van der Waals surface area contributed by atoms with E-state index < -0.39 is 37.1 Å². The molecule has 0 radical (unpaired) electrons. The van der Waals surface area contributed by atoms with Crippen LogP contribution in [0.25, 0.3) is 0 Å². The third-order valence-corrected chi connectivity index (χ3v) is 1.99. The first-order valence-corrected chi connectivity index (χ1v) is 4.39. The highest BCUT2D eigenvalue weighted by Crippen LogP contribution is 2.08. The van der Waals surface area contributed by atoms with E-state index >= 15 is 0 Å². The van der Waals surface area contributed by atoms with Gasteiger partial charge in [0.15, 0.2) is 0 Å². The zero-order valence-corrected chi connectivity index (χ0v) is 8.14. The first-order valence-electron chi connectivity index (χ1n) is 4.39. The minimum absolute atomic E-state index is 0.208. The van der Waals surface area contributed by atoms with Crippen molar-refractivity contribution in [2.24, 2.45) is 4.99 Å². The molecule has 5 atom stereocenters. The fraction of sp³-hybridized carbons (Fsp3) is 0.875. The van der Waals surface area contributed by atoms with Crippen molar-refractivity contribution in [2.45, 2.75) is 30.5 Å². The van der Waals surface area contributed by atoms with E-state index in [0.29, 0.717) is 0 Å². The van der Waals surface area contributed by atoms with E-state index in [2.05, 4.69) is 11.7 Å². The van der Waals surface area contributed by atoms with Crippen LogP contribution in [0.3, 0.4) is 0 Å². The summed E-state index contributed by atoms with van der Waals surface area (Å²) >= 11 is 0. The van der Waals surface area contributed by atoms with E-state index in [1.54, 1.807) is 0 Å². The zero-order chi connectivity index (χ0) is 12.0. The Balaban J connectivity index is 4.28. The van der Waals surface area contributed by atoms with E-state index in [1.807, 2.05) is 0 Å². The minimum Gasteiger partial charge on any atom is -0.394 e. The van der Waals surface area contributed by atoms with Crippen molar-refractivity contribution in [3.8, 4) is 0 Å². The maximum Gasteiger partial charge on any atom is 0.111 e. The lowest BCUT2D eigenvalue weighted by molar-refractivity contribution is -0.138. The summed E-state index contributed by atoms with van der Waals surface area (Å²) in [4.78, 5) is 3.30. The molecule has 0 saturated heterocycles. The molecule has 0 spiro atoms. The van der Waals surface area contributed by atoms with Crippen LogP contribution in [0, 0.1) is 0 Å². The molecule has 0 saturated carbocycles. The Kier molecular flexibility index (Phi) is 6.57. The van der Waals surface area contributed by atoms with Gasteiger partial charge in [0.1, 0.15) is 30.5 Å². The molecule has 0 aromatic carbocycles. The van der Waals surface area contributed by atoms with Crippen LogP contribution in [0.2, 0.25) is 0 Å². The quantitative estimate of drug-likeness (QED) is 0.248. The third-order valence-electron chi connectivity index (χ3n) is 1.99. The van der Waals surface area contributed by atoms with Crippen LogP contribution in [0.4, 0.5) is 0 Å². The highest BCUT2D eigenvalue weighted by atomic mass is 16.4. The average molecular weight is 223 g/mol. The van der Waals surface area contributed by atoms with Gasteiger partial charge < -0.3 is 30.6 Å². The van der Waals surface area contributed by atoms with E-state index in [-0.39, 0.29) is 6.54 Å². The van der Waals surface area contributed by atoms with Crippen molar-refractivity contribution >= 4 is 6.72 Å². The second kappa shape index (κ2) is 6.83. The molecule has 0 aromatic heterocycles. The van der Waals surface area contributed by atoms with Crippen molar-refractivity contribution in [1.29, 1.82) is 0 Å². The summed E-state index contributed by atoms with van der Waals surface area (Å²) in [5.74, 6) is 0. The SMILES string of the molecule is C=NCC(O)C(O)C(O)C(O)C(O)CO. The van der Waals surface area contributed by atoms with Gasteiger partial charge in [0.05, 0.1) is 13.2 Å². The molecular weight excluding hydrogens is 206 g/mol. The summed E-state index contributed by atoms with van der Waals surface area (Å²) in [6.45, 7) is 2.11. The molecule has 7 heteroatoms. The maximum atomic E-state index is 9.29. The van der Waals surface area contributed by atoms with Gasteiger partial charge in [-0.2, -0.15) is 0 Å². The van der Waals surface area contributed by atoms with Crippen LogP contribution < -0.4 is 0 Å². The molecule has 90 valence electrons. The summed E-state index contributed by atoms with van der Waals surface area (Å²) in [6, 6.07) is 0. The van der Waals surface area contributed by atoms with Gasteiger partial charge >= 0.3 is 0 Å². The Morgan fingerprint density at radius 2 is 1.33 bits per heavy atom. The van der Waals surface area contributed by atoms with E-state index in [0.717, 1.165) is 0 Å². The Morgan fingerprint density at radius 1 is 0.867 bits per heavy atom. The van der Waals surface area contributed by atoms with Crippen LogP contribution in [0.15, 0.2) is 4.99 Å². The van der Waals surface area contributed by atoms with Gasteiger partial charge in [-0.15, -0.1) is 0 Å². The number of hydrogen-bond acceptors (Lipinski definition) is 7. The fourth-order valence-corrected chi connectivity index (χ4v) is 1.01. The number of nitrogens with zero attached hydrogens (tertiary/aromatic N) is 1. The number of hydrogen-bond donors (Lipinski definition) is 6. The topological polar surface area (TPSA) is 134 Å². The molecule has 0 aromatic rings. The summed E-state index contributed by atoms with van der Waals surface area (Å²) in [5.41, 5.74) is 0. The highest BCUT2D eigenvalue weighted by molar-refractivity contribution is 5.23. The molecular formula is C8H17NO6. The van der Waals surface area contributed by atoms with Gasteiger partial charge in [-0.3, -0.25) is 4.99 Å². The summed E-state index contributed by atoms with van der Waals surface area (Å²) in [5, 5.41) is 54.4. The smallest absolute Gasteiger partial charge is 0.111 e. The Labute approximate surface area is 87.0 Å². The van der Waals surface area contributed by atoms with Crippen LogP contribution in [0.1, 0.15) is 0 Å². The first kappa shape index (κ1) is 14.4. The predicted molar refractivity (Wildman–Crippen MR) is 51.5 cm³/mol. The van der Waals surface area contributed by atoms with E-state index in [9.17, 15) is 20.4 Å². The van der Waals surface area contributed by atoms with Gasteiger partial charge in [0.2, 0.25) is 0 Å². The van der Waals surface area contributed by atoms with Crippen LogP contribution >= 0.6 is 0 Å². The first-order chi connectivity index (χ1) is 6.95. The Hall–Kier alpha value is -0.570. The Morgan fingerprint density at radius 3 is 1.73 bits per heavy atom. The van der Waals surface area contributed by atoms with Crippen LogP contribution in [0.5, 0.6) is 0 Å². The molecule has 0 heterocycles. The number of aliphatic imine (C=N–C) groups is 1. The number of aliphatic hydroxyl groups excluding tert-OH is 6. The minimum atomic E-state index is -1.77. The van der Waals surface area contributed by atoms with Gasteiger partial charge in [-0.1, -0.05) is 0 Å². The molecule has 15 heavy (non-hydrogen) atoms. The lowest BCUT2D eigenvalue weighted by Crippen LogP contribution is -2.50. The monoisotopic (exact) mass is 223 g/mol. The van der Waals surface area contributed by atoms with Crippen LogP contribution in [-0.4, -0.2) is 81.0 Å². The standard InChI is InChI=1S/C8H17NO6/c1-9-2-4(11)6(13)8(15)7(14)5(12)3-10/h4-8,10-15H,1-3H2. The summed E-state index contributed by atoms with van der Waals surface area (Å²) < 4.78 is 0. The van der Waals surface area contributed by atoms with Gasteiger partial charge in [0, 0.05) is 0 Å². The normalized spacial score (nSPS) is 21.5. The molecule has 7 nitrogen and oxygen atoms in total. The van der Waals surface area contributed by atoms with E-state index in [1.165, 1.54) is 0 Å². The molecule has 0 amide bonds. The lowest BCUT2D eigenvalue weighted by atomic mass is 9.99. The molecule has 0 aliphatic rings. The molecule has 0 aliphatic carbocycles. The fourth-order valence-electron chi connectivity index (χ4n) is 1.01. The maximum absolute atomic E-state index is 9.29. The average Bonchev–Trinajstić information content (AvgIpc) is 2.25. The number of aliphatic hydroxyl groups is 6. The summed E-state index contributed by atoms with van der Waals surface area (Å²) in [7, 11) is 0. The van der Waals surface area contributed by atoms with E-state index in [4.69, 9.17) is 10.2 Å². The largest absolute Gasteiger partial charge is 0.394 e. The molecule has 5 unspecified atom stereocenters. The van der Waals surface area contributed by atoms with Crippen molar-refractivity contribution in [3.05, 3.63) is 0 Å². The van der Waals surface area contributed by atoms with Gasteiger partial charge in [-0.05, 0) is 6.72 Å². The van der Waals surface area contributed by atoms with Crippen LogP contribution in [-0.2, 0) is 0 Å². The number of rotatable bonds is 7. The molecule has 0 fully saturated rings. The van der Waals surface area contributed by atoms with Crippen molar-refractivity contribution in [2.75, 3.05) is 13.2 Å². The lowest BCUT2D eigenvalue weighted by Gasteiger charge is -2.27. The third kappa shape index (κ3) is 4.20. The second-order valence-corrected chi connectivity index (χ2v) is 3.20. The van der Waals surface area contributed by atoms with Crippen molar-refractivity contribution in [3.63, 3.8) is 0 Å². The van der Waals surface area contributed by atoms with Crippen molar-refractivity contribution in [1.82, 2.24) is 0 Å². The van der Waals surface area contributed by atoms with Gasteiger partial charge in [0.25, 0.3) is 0 Å².